The van der Waals surface area contributed by atoms with Crippen LogP contribution >= 0.6 is 11.6 Å². The van der Waals surface area contributed by atoms with Gasteiger partial charge in [0.2, 0.25) is 0 Å². The molecule has 0 aromatic carbocycles. The second-order valence-electron chi connectivity index (χ2n) is 4.66. The summed E-state index contributed by atoms with van der Waals surface area (Å²) >= 11 is 6.13. The third-order valence-corrected chi connectivity index (χ3v) is 3.68. The van der Waals surface area contributed by atoms with E-state index in [9.17, 15) is 4.39 Å². The van der Waals surface area contributed by atoms with Gasteiger partial charge in [-0.25, -0.2) is 4.39 Å². The normalized spacial score (nSPS) is 29.2. The van der Waals surface area contributed by atoms with Crippen LogP contribution in [-0.4, -0.2) is 21.5 Å². The maximum absolute atomic E-state index is 14.2. The van der Waals surface area contributed by atoms with Gasteiger partial charge in [0, 0.05) is 19.0 Å². The third-order valence-electron chi connectivity index (χ3n) is 3.19. The highest BCUT2D eigenvalue weighted by Crippen LogP contribution is 2.39. The molecule has 0 atom stereocenters. The highest BCUT2D eigenvalue weighted by molar-refractivity contribution is 6.31. The Hall–Kier alpha value is -0.610. The first-order valence-electron chi connectivity index (χ1n) is 5.61. The Morgan fingerprint density at radius 1 is 1.62 bits per heavy atom. The monoisotopic (exact) mass is 245 g/mol. The summed E-state index contributed by atoms with van der Waals surface area (Å²) in [5.41, 5.74) is 6.02. The maximum Gasteiger partial charge on any atom is 0.119 e. The number of nitrogens with zero attached hydrogens (tertiary/aromatic N) is 2. The summed E-state index contributed by atoms with van der Waals surface area (Å²) in [6.07, 6.45) is 1.18. The largest absolute Gasteiger partial charge is 0.327 e. The Morgan fingerprint density at radius 2 is 2.25 bits per heavy atom. The predicted molar refractivity (Wildman–Crippen MR) is 62.4 cm³/mol. The standard InChI is InChI=1S/C11H17ClFN3/c1-3-16-9(10(12)7(2)15-16)6-11(13)4-8(14)5-11/h8H,3-6,14H2,1-2H3. The zero-order valence-corrected chi connectivity index (χ0v) is 10.4. The average Bonchev–Trinajstić information content (AvgIpc) is 2.43. The quantitative estimate of drug-likeness (QED) is 0.888. The third kappa shape index (κ3) is 1.96. The molecule has 0 unspecified atom stereocenters. The molecule has 16 heavy (non-hydrogen) atoms. The molecule has 1 saturated carbocycles. The summed E-state index contributed by atoms with van der Waals surface area (Å²) in [7, 11) is 0. The summed E-state index contributed by atoms with van der Waals surface area (Å²) in [5.74, 6) is 0. The molecule has 0 radical (unpaired) electrons. The molecule has 2 N–H and O–H groups in total. The second kappa shape index (κ2) is 4.00. The summed E-state index contributed by atoms with van der Waals surface area (Å²) in [4.78, 5) is 0. The minimum Gasteiger partial charge on any atom is -0.327 e. The van der Waals surface area contributed by atoms with Crippen molar-refractivity contribution < 1.29 is 4.39 Å². The van der Waals surface area contributed by atoms with E-state index in [1.807, 2.05) is 13.8 Å². The van der Waals surface area contributed by atoms with E-state index >= 15 is 0 Å². The first kappa shape index (κ1) is 11.9. The lowest BCUT2D eigenvalue weighted by atomic mass is 9.75. The first-order chi connectivity index (χ1) is 7.45. The summed E-state index contributed by atoms with van der Waals surface area (Å²) < 4.78 is 15.9. The van der Waals surface area contributed by atoms with Crippen LogP contribution in [0.2, 0.25) is 5.02 Å². The molecule has 0 amide bonds. The van der Waals surface area contributed by atoms with Crippen LogP contribution in [-0.2, 0) is 13.0 Å². The predicted octanol–water partition coefficient (Wildman–Crippen LogP) is 2.24. The topological polar surface area (TPSA) is 43.8 Å². The van der Waals surface area contributed by atoms with Crippen molar-refractivity contribution in [2.75, 3.05) is 0 Å². The Bertz CT molecular complexity index is 396. The van der Waals surface area contributed by atoms with Crippen molar-refractivity contribution in [2.24, 2.45) is 5.73 Å². The SMILES string of the molecule is CCn1nc(C)c(Cl)c1CC1(F)CC(N)C1. The Labute approximate surface area is 99.8 Å². The lowest BCUT2D eigenvalue weighted by Crippen LogP contribution is -2.50. The van der Waals surface area contributed by atoms with Gasteiger partial charge in [0.25, 0.3) is 0 Å². The van der Waals surface area contributed by atoms with Crippen LogP contribution in [0.5, 0.6) is 0 Å². The van der Waals surface area contributed by atoms with E-state index in [4.69, 9.17) is 17.3 Å². The van der Waals surface area contributed by atoms with Crippen LogP contribution in [0, 0.1) is 6.92 Å². The van der Waals surface area contributed by atoms with Gasteiger partial charge in [-0.15, -0.1) is 0 Å². The fraction of sp³-hybridized carbons (Fsp3) is 0.727. The van der Waals surface area contributed by atoms with Crippen LogP contribution in [0.3, 0.4) is 0 Å². The second-order valence-corrected chi connectivity index (χ2v) is 5.04. The average molecular weight is 246 g/mol. The van der Waals surface area contributed by atoms with Gasteiger partial charge in [0.1, 0.15) is 5.67 Å². The number of nitrogens with two attached hydrogens (primary N) is 1. The Kier molecular flexibility index (Phi) is 2.97. The summed E-state index contributed by atoms with van der Waals surface area (Å²) in [5, 5.41) is 4.87. The molecule has 1 aromatic rings. The first-order valence-corrected chi connectivity index (χ1v) is 5.99. The van der Waals surface area contributed by atoms with Gasteiger partial charge in [-0.3, -0.25) is 4.68 Å². The van der Waals surface area contributed by atoms with E-state index in [2.05, 4.69) is 5.10 Å². The fourth-order valence-electron chi connectivity index (χ4n) is 2.36. The van der Waals surface area contributed by atoms with Crippen molar-refractivity contribution in [1.29, 1.82) is 0 Å². The van der Waals surface area contributed by atoms with E-state index in [0.29, 0.717) is 30.8 Å². The summed E-state index contributed by atoms with van der Waals surface area (Å²) in [6.45, 7) is 4.53. The van der Waals surface area contributed by atoms with Crippen molar-refractivity contribution >= 4 is 11.6 Å². The van der Waals surface area contributed by atoms with Crippen molar-refractivity contribution in [2.45, 2.75) is 51.4 Å². The Morgan fingerprint density at radius 3 is 2.75 bits per heavy atom. The number of aromatic nitrogens is 2. The molecule has 1 heterocycles. The molecular formula is C11H17ClFN3. The van der Waals surface area contributed by atoms with Gasteiger partial charge >= 0.3 is 0 Å². The van der Waals surface area contributed by atoms with E-state index < -0.39 is 5.67 Å². The molecule has 1 aliphatic carbocycles. The zero-order chi connectivity index (χ0) is 11.9. The van der Waals surface area contributed by atoms with Gasteiger partial charge in [0.15, 0.2) is 0 Å². The van der Waals surface area contributed by atoms with E-state index in [-0.39, 0.29) is 6.04 Å². The van der Waals surface area contributed by atoms with Crippen molar-refractivity contribution in [3.8, 4) is 0 Å². The minimum absolute atomic E-state index is 0.00266. The highest BCUT2D eigenvalue weighted by atomic mass is 35.5. The molecule has 5 heteroatoms. The van der Waals surface area contributed by atoms with E-state index in [1.165, 1.54) is 0 Å². The van der Waals surface area contributed by atoms with E-state index in [1.54, 1.807) is 4.68 Å². The molecule has 1 aromatic heterocycles. The van der Waals surface area contributed by atoms with E-state index in [0.717, 1.165) is 11.4 Å². The lowest BCUT2D eigenvalue weighted by Gasteiger charge is -2.39. The maximum atomic E-state index is 14.2. The van der Waals surface area contributed by atoms with Crippen molar-refractivity contribution in [3.63, 3.8) is 0 Å². The molecule has 1 fully saturated rings. The molecule has 0 saturated heterocycles. The molecule has 90 valence electrons. The van der Waals surface area contributed by atoms with Gasteiger partial charge in [-0.05, 0) is 26.7 Å². The highest BCUT2D eigenvalue weighted by Gasteiger charge is 2.44. The van der Waals surface area contributed by atoms with Crippen molar-refractivity contribution in [3.05, 3.63) is 16.4 Å². The zero-order valence-electron chi connectivity index (χ0n) is 9.63. The number of rotatable bonds is 3. The molecule has 0 aliphatic heterocycles. The lowest BCUT2D eigenvalue weighted by molar-refractivity contribution is 0.0424. The number of halogens is 2. The minimum atomic E-state index is -1.18. The molecular weight excluding hydrogens is 229 g/mol. The van der Waals surface area contributed by atoms with Gasteiger partial charge in [-0.1, -0.05) is 11.6 Å². The smallest absolute Gasteiger partial charge is 0.119 e. The van der Waals surface area contributed by atoms with Crippen molar-refractivity contribution in [1.82, 2.24) is 9.78 Å². The number of aryl methyl sites for hydroxylation is 2. The molecule has 0 spiro atoms. The fourth-order valence-corrected chi connectivity index (χ4v) is 2.56. The van der Waals surface area contributed by atoms with Gasteiger partial charge in [0.05, 0.1) is 16.4 Å². The van der Waals surface area contributed by atoms with Crippen LogP contribution < -0.4 is 5.73 Å². The molecule has 3 nitrogen and oxygen atoms in total. The summed E-state index contributed by atoms with van der Waals surface area (Å²) in [6, 6.07) is 0.00266. The number of hydrogen-bond donors (Lipinski definition) is 1. The van der Waals surface area contributed by atoms with Crippen LogP contribution in [0.25, 0.3) is 0 Å². The molecule has 0 bridgehead atoms. The van der Waals surface area contributed by atoms with Gasteiger partial charge < -0.3 is 5.73 Å². The van der Waals surface area contributed by atoms with Gasteiger partial charge in [-0.2, -0.15) is 5.10 Å². The van der Waals surface area contributed by atoms with Crippen LogP contribution in [0.1, 0.15) is 31.2 Å². The number of alkyl halides is 1. The molecule has 1 aliphatic rings. The van der Waals surface area contributed by atoms with Crippen LogP contribution in [0.4, 0.5) is 4.39 Å². The number of hydrogen-bond acceptors (Lipinski definition) is 2. The Balaban J connectivity index is 2.21. The van der Waals surface area contributed by atoms with Crippen LogP contribution in [0.15, 0.2) is 0 Å². The molecule has 2 rings (SSSR count).